The van der Waals surface area contributed by atoms with E-state index in [9.17, 15) is 4.79 Å². The second-order valence-corrected chi connectivity index (χ2v) is 5.83. The highest BCUT2D eigenvalue weighted by atomic mass is 16.5. The van der Waals surface area contributed by atoms with E-state index < -0.39 is 5.91 Å². The molecule has 0 aliphatic rings. The van der Waals surface area contributed by atoms with Crippen LogP contribution in [0, 0.1) is 0 Å². The van der Waals surface area contributed by atoms with E-state index in [-0.39, 0.29) is 5.96 Å². The lowest BCUT2D eigenvalue weighted by atomic mass is 10.1. The van der Waals surface area contributed by atoms with Crippen LogP contribution in [-0.4, -0.2) is 11.9 Å². The van der Waals surface area contributed by atoms with Crippen LogP contribution in [0.1, 0.15) is 15.9 Å². The van der Waals surface area contributed by atoms with Gasteiger partial charge >= 0.3 is 0 Å². The monoisotopic (exact) mass is 360 g/mol. The van der Waals surface area contributed by atoms with E-state index in [1.165, 1.54) is 0 Å². The summed E-state index contributed by atoms with van der Waals surface area (Å²) < 4.78 is 5.80. The summed E-state index contributed by atoms with van der Waals surface area (Å²) in [7, 11) is 0. The number of amides is 1. The zero-order valence-electron chi connectivity index (χ0n) is 14.6. The molecule has 0 aliphatic carbocycles. The van der Waals surface area contributed by atoms with E-state index in [4.69, 9.17) is 16.2 Å². The summed E-state index contributed by atoms with van der Waals surface area (Å²) >= 11 is 0. The number of primary amides is 1. The van der Waals surface area contributed by atoms with Gasteiger partial charge in [0.1, 0.15) is 11.5 Å². The molecule has 5 N–H and O–H groups in total. The van der Waals surface area contributed by atoms with Crippen LogP contribution in [0.2, 0.25) is 0 Å². The molecule has 0 aromatic heterocycles. The zero-order valence-corrected chi connectivity index (χ0v) is 14.6. The lowest BCUT2D eigenvalue weighted by molar-refractivity contribution is 0.1000. The Labute approximate surface area is 157 Å². The van der Waals surface area contributed by atoms with E-state index in [1.807, 2.05) is 60.7 Å². The van der Waals surface area contributed by atoms with Crippen molar-refractivity contribution in [3.05, 3.63) is 90.0 Å². The number of nitrogens with two attached hydrogens (primary N) is 2. The minimum atomic E-state index is -0.470. The third kappa shape index (κ3) is 5.34. The number of carbonyl (C=O) groups excluding carboxylic acids is 1. The number of hydrogen-bond donors (Lipinski definition) is 3. The molecule has 0 fully saturated rings. The summed E-state index contributed by atoms with van der Waals surface area (Å²) in [5.41, 5.74) is 13.3. The number of ether oxygens (including phenoxy) is 1. The molecular formula is C21H20N4O2. The largest absolute Gasteiger partial charge is 0.457 e. The Morgan fingerprint density at radius 1 is 0.889 bits per heavy atom. The fraction of sp³-hybridized carbons (Fsp3) is 0.0476. The predicted molar refractivity (Wildman–Crippen MR) is 107 cm³/mol. The number of guanidine groups is 1. The van der Waals surface area contributed by atoms with Crippen molar-refractivity contribution in [3.8, 4) is 11.5 Å². The predicted octanol–water partition coefficient (Wildman–Crippen LogP) is 3.50. The molecule has 0 spiro atoms. The van der Waals surface area contributed by atoms with Crippen LogP contribution in [0.15, 0.2) is 83.9 Å². The maximum atomic E-state index is 11.2. The second kappa shape index (κ2) is 8.53. The number of nitrogens with zero attached hydrogens (tertiary/aromatic N) is 1. The summed E-state index contributed by atoms with van der Waals surface area (Å²) in [6, 6.07) is 23.9. The Morgan fingerprint density at radius 2 is 1.63 bits per heavy atom. The van der Waals surface area contributed by atoms with Crippen molar-refractivity contribution in [2.75, 3.05) is 5.32 Å². The van der Waals surface area contributed by atoms with Gasteiger partial charge in [0.15, 0.2) is 5.96 Å². The van der Waals surface area contributed by atoms with Gasteiger partial charge in [-0.05, 0) is 42.0 Å². The molecule has 0 saturated carbocycles. The van der Waals surface area contributed by atoms with Gasteiger partial charge in [-0.2, -0.15) is 0 Å². The number of hydrogen-bond acceptors (Lipinski definition) is 3. The minimum Gasteiger partial charge on any atom is -0.457 e. The first kappa shape index (κ1) is 18.0. The molecule has 0 unspecified atom stereocenters. The fourth-order valence-electron chi connectivity index (χ4n) is 2.45. The van der Waals surface area contributed by atoms with Gasteiger partial charge in [-0.15, -0.1) is 0 Å². The number of benzene rings is 3. The number of rotatable bonds is 6. The highest BCUT2D eigenvalue weighted by Gasteiger charge is 2.02. The van der Waals surface area contributed by atoms with E-state index >= 15 is 0 Å². The van der Waals surface area contributed by atoms with Crippen LogP contribution in [0.25, 0.3) is 0 Å². The molecule has 0 saturated heterocycles. The average Bonchev–Trinajstić information content (AvgIpc) is 2.68. The van der Waals surface area contributed by atoms with Crippen LogP contribution in [0.3, 0.4) is 0 Å². The lowest BCUT2D eigenvalue weighted by Crippen LogP contribution is -2.22. The van der Waals surface area contributed by atoms with Gasteiger partial charge in [0, 0.05) is 17.3 Å². The van der Waals surface area contributed by atoms with Crippen molar-refractivity contribution in [3.63, 3.8) is 0 Å². The topological polar surface area (TPSA) is 103 Å². The number of para-hydroxylation sites is 1. The molecule has 6 nitrogen and oxygen atoms in total. The summed E-state index contributed by atoms with van der Waals surface area (Å²) in [6.07, 6.45) is 0. The number of aliphatic imine (C=N–C) groups is 1. The summed E-state index contributed by atoms with van der Waals surface area (Å²) in [4.78, 5) is 15.5. The van der Waals surface area contributed by atoms with Crippen LogP contribution in [0.5, 0.6) is 11.5 Å². The van der Waals surface area contributed by atoms with Crippen LogP contribution in [-0.2, 0) is 6.54 Å². The van der Waals surface area contributed by atoms with Crippen molar-refractivity contribution in [2.45, 2.75) is 6.54 Å². The van der Waals surface area contributed by atoms with Gasteiger partial charge in [0.2, 0.25) is 5.91 Å². The third-order valence-corrected chi connectivity index (χ3v) is 3.73. The quantitative estimate of drug-likeness (QED) is 0.462. The van der Waals surface area contributed by atoms with Crippen molar-refractivity contribution in [1.29, 1.82) is 0 Å². The molecule has 0 bridgehead atoms. The van der Waals surface area contributed by atoms with Crippen molar-refractivity contribution in [1.82, 2.24) is 0 Å². The van der Waals surface area contributed by atoms with Gasteiger partial charge in [-0.25, -0.2) is 4.99 Å². The standard InChI is InChI=1S/C21H20N4O2/c22-20(26)16-7-4-6-15(12-16)14-24-21(23)25-17-8-5-11-19(13-17)27-18-9-2-1-3-10-18/h1-13H,14H2,(H2,22,26)(H3,23,24,25). The number of anilines is 1. The minimum absolute atomic E-state index is 0.260. The van der Waals surface area contributed by atoms with Crippen molar-refractivity contribution < 1.29 is 9.53 Å². The summed E-state index contributed by atoms with van der Waals surface area (Å²) in [5, 5.41) is 3.03. The van der Waals surface area contributed by atoms with Crippen molar-refractivity contribution in [2.24, 2.45) is 16.5 Å². The van der Waals surface area contributed by atoms with Crippen LogP contribution >= 0.6 is 0 Å². The van der Waals surface area contributed by atoms with Gasteiger partial charge in [0.25, 0.3) is 0 Å². The molecule has 6 heteroatoms. The molecule has 0 heterocycles. The summed E-state index contributed by atoms with van der Waals surface area (Å²) in [6.45, 7) is 0.333. The van der Waals surface area contributed by atoms with Gasteiger partial charge in [0.05, 0.1) is 6.54 Å². The molecule has 0 radical (unpaired) electrons. The Balaban J connectivity index is 1.64. The first-order valence-corrected chi connectivity index (χ1v) is 8.39. The highest BCUT2D eigenvalue weighted by molar-refractivity contribution is 5.93. The van der Waals surface area contributed by atoms with Crippen LogP contribution in [0.4, 0.5) is 5.69 Å². The Kier molecular flexibility index (Phi) is 5.69. The summed E-state index contributed by atoms with van der Waals surface area (Å²) in [5.74, 6) is 1.23. The van der Waals surface area contributed by atoms with Gasteiger partial charge < -0.3 is 21.5 Å². The molecule has 0 atom stereocenters. The van der Waals surface area contributed by atoms with Gasteiger partial charge in [-0.3, -0.25) is 4.79 Å². The second-order valence-electron chi connectivity index (χ2n) is 5.83. The maximum Gasteiger partial charge on any atom is 0.248 e. The Morgan fingerprint density at radius 3 is 2.41 bits per heavy atom. The third-order valence-electron chi connectivity index (χ3n) is 3.73. The Bertz CT molecular complexity index is 955. The number of nitrogens with one attached hydrogen (secondary N) is 1. The van der Waals surface area contributed by atoms with E-state index in [2.05, 4.69) is 10.3 Å². The highest BCUT2D eigenvalue weighted by Crippen LogP contribution is 2.23. The van der Waals surface area contributed by atoms with E-state index in [0.717, 1.165) is 17.0 Å². The molecule has 3 aromatic rings. The molecule has 0 aliphatic heterocycles. The molecular weight excluding hydrogens is 340 g/mol. The lowest BCUT2D eigenvalue weighted by Gasteiger charge is -2.09. The van der Waals surface area contributed by atoms with E-state index in [1.54, 1.807) is 18.2 Å². The molecule has 3 aromatic carbocycles. The zero-order chi connectivity index (χ0) is 19.1. The first-order valence-electron chi connectivity index (χ1n) is 8.39. The fourth-order valence-corrected chi connectivity index (χ4v) is 2.45. The van der Waals surface area contributed by atoms with Crippen molar-refractivity contribution >= 4 is 17.6 Å². The van der Waals surface area contributed by atoms with Crippen LogP contribution < -0.4 is 21.5 Å². The molecule has 1 amide bonds. The van der Waals surface area contributed by atoms with E-state index in [0.29, 0.717) is 17.9 Å². The van der Waals surface area contributed by atoms with Gasteiger partial charge in [-0.1, -0.05) is 36.4 Å². The SMILES string of the molecule is NC(=O)c1cccc(CN=C(N)Nc2cccc(Oc3ccccc3)c2)c1. The maximum absolute atomic E-state index is 11.2. The number of carbonyl (C=O) groups is 1. The molecule has 136 valence electrons. The normalized spacial score (nSPS) is 11.0. The average molecular weight is 360 g/mol. The molecule has 3 rings (SSSR count). The smallest absolute Gasteiger partial charge is 0.248 e. The molecule has 27 heavy (non-hydrogen) atoms. The first-order chi connectivity index (χ1) is 13.1. The Hall–Kier alpha value is -3.80.